The summed E-state index contributed by atoms with van der Waals surface area (Å²) in [7, 11) is -1.15. The van der Waals surface area contributed by atoms with Crippen LogP contribution in [0.3, 0.4) is 0 Å². The molecule has 0 fully saturated rings. The minimum atomic E-state index is -1.15. The van der Waals surface area contributed by atoms with E-state index in [2.05, 4.69) is 9.71 Å². The second-order valence-electron chi connectivity index (χ2n) is 7.03. The normalized spacial score (nSPS) is 14.2. The lowest BCUT2D eigenvalue weighted by molar-refractivity contribution is 0.291. The summed E-state index contributed by atoms with van der Waals surface area (Å²) in [5.74, 6) is 0.272. The van der Waals surface area contributed by atoms with Crippen LogP contribution in [-0.2, 0) is 17.6 Å². The molecule has 1 heterocycles. The molecule has 0 aliphatic rings. The molecule has 0 aliphatic carbocycles. The maximum Gasteiger partial charge on any atom is 0.216 e. The molecule has 0 saturated carbocycles. The fourth-order valence-corrected chi connectivity index (χ4v) is 2.92. The molecule has 0 saturated heterocycles. The average Bonchev–Trinajstić information content (AvgIpc) is 2.54. The second-order valence-corrected chi connectivity index (χ2v) is 9.02. The van der Waals surface area contributed by atoms with Crippen molar-refractivity contribution in [3.05, 3.63) is 59.0 Å². The standard InChI is InChI=1S/C19H25FN2O2S/c1-13-10-16(14(2)22-25(23)19(3,4)5)11-21-18(13)24-12-15-6-8-17(20)9-7-15/h6-11,14,22H,12H2,1-5H3/t14?,25-/m1/s1. The molecule has 1 aromatic heterocycles. The van der Waals surface area contributed by atoms with Crippen LogP contribution in [-0.4, -0.2) is 13.9 Å². The molecule has 2 rings (SSSR count). The smallest absolute Gasteiger partial charge is 0.216 e. The van der Waals surface area contributed by atoms with E-state index in [-0.39, 0.29) is 16.6 Å². The van der Waals surface area contributed by atoms with Gasteiger partial charge < -0.3 is 4.74 Å². The number of halogens is 1. The lowest BCUT2D eigenvalue weighted by atomic mass is 10.1. The van der Waals surface area contributed by atoms with Gasteiger partial charge in [-0.05, 0) is 63.9 Å². The first kappa shape index (κ1) is 19.5. The van der Waals surface area contributed by atoms with Gasteiger partial charge >= 0.3 is 0 Å². The van der Waals surface area contributed by atoms with Crippen LogP contribution in [0.15, 0.2) is 36.5 Å². The van der Waals surface area contributed by atoms with Crippen molar-refractivity contribution in [2.45, 2.75) is 52.0 Å². The molecule has 136 valence electrons. The minimum absolute atomic E-state index is 0.0857. The van der Waals surface area contributed by atoms with Crippen LogP contribution in [0, 0.1) is 12.7 Å². The van der Waals surface area contributed by atoms with Gasteiger partial charge in [-0.1, -0.05) is 12.1 Å². The Balaban J connectivity index is 2.02. The SMILES string of the molecule is Cc1cc(C(C)N[S@](=O)C(C)(C)C)cnc1OCc1ccc(F)cc1. The number of nitrogens with zero attached hydrogens (tertiary/aromatic N) is 1. The van der Waals surface area contributed by atoms with E-state index in [0.717, 1.165) is 16.7 Å². The van der Waals surface area contributed by atoms with Crippen molar-refractivity contribution >= 4 is 11.0 Å². The van der Waals surface area contributed by atoms with Crippen LogP contribution in [0.5, 0.6) is 5.88 Å². The highest BCUT2D eigenvalue weighted by Crippen LogP contribution is 2.22. The quantitative estimate of drug-likeness (QED) is 0.835. The zero-order valence-corrected chi connectivity index (χ0v) is 16.1. The number of ether oxygens (including phenoxy) is 1. The van der Waals surface area contributed by atoms with Crippen LogP contribution in [0.25, 0.3) is 0 Å². The summed E-state index contributed by atoms with van der Waals surface area (Å²) in [5.41, 5.74) is 2.72. The van der Waals surface area contributed by atoms with E-state index in [1.165, 1.54) is 12.1 Å². The van der Waals surface area contributed by atoms with Crippen molar-refractivity contribution in [1.29, 1.82) is 0 Å². The van der Waals surface area contributed by atoms with Gasteiger partial charge in [0.15, 0.2) is 0 Å². The highest BCUT2D eigenvalue weighted by Gasteiger charge is 2.22. The first-order chi connectivity index (χ1) is 11.7. The topological polar surface area (TPSA) is 51.2 Å². The number of benzene rings is 1. The van der Waals surface area contributed by atoms with E-state index in [4.69, 9.17) is 4.74 Å². The van der Waals surface area contributed by atoms with Crippen molar-refractivity contribution in [3.63, 3.8) is 0 Å². The van der Waals surface area contributed by atoms with Crippen LogP contribution >= 0.6 is 0 Å². The van der Waals surface area contributed by atoms with E-state index in [1.807, 2.05) is 40.7 Å². The summed E-state index contributed by atoms with van der Waals surface area (Å²) in [6.45, 7) is 9.99. The lowest BCUT2D eigenvalue weighted by Gasteiger charge is -2.22. The molecule has 2 aromatic rings. The van der Waals surface area contributed by atoms with Crippen molar-refractivity contribution in [2.75, 3.05) is 0 Å². The highest BCUT2D eigenvalue weighted by molar-refractivity contribution is 7.84. The largest absolute Gasteiger partial charge is 0.473 e. The Morgan fingerprint density at radius 2 is 1.92 bits per heavy atom. The summed E-state index contributed by atoms with van der Waals surface area (Å²) in [6, 6.07) is 8.08. The highest BCUT2D eigenvalue weighted by atomic mass is 32.2. The predicted octanol–water partition coefficient (Wildman–Crippen LogP) is 4.22. The Hall–Kier alpha value is -1.79. The number of aryl methyl sites for hydroxylation is 1. The molecular formula is C19H25FN2O2S. The number of hydrogen-bond acceptors (Lipinski definition) is 3. The fourth-order valence-electron chi connectivity index (χ4n) is 2.11. The zero-order chi connectivity index (χ0) is 18.6. The molecule has 0 spiro atoms. The minimum Gasteiger partial charge on any atom is -0.473 e. The maximum atomic E-state index is 12.9. The Kier molecular flexibility index (Phi) is 6.30. The van der Waals surface area contributed by atoms with Gasteiger partial charge in [-0.15, -0.1) is 0 Å². The molecule has 25 heavy (non-hydrogen) atoms. The Morgan fingerprint density at radius 1 is 1.28 bits per heavy atom. The maximum absolute atomic E-state index is 12.9. The van der Waals surface area contributed by atoms with Gasteiger partial charge in [-0.2, -0.15) is 0 Å². The number of hydrogen-bond donors (Lipinski definition) is 1. The number of rotatable bonds is 6. The molecule has 2 atom stereocenters. The van der Waals surface area contributed by atoms with Crippen LogP contribution in [0.1, 0.15) is 50.4 Å². The van der Waals surface area contributed by atoms with Gasteiger partial charge in [0.1, 0.15) is 12.4 Å². The monoisotopic (exact) mass is 364 g/mol. The molecule has 0 amide bonds. The van der Waals surface area contributed by atoms with Gasteiger partial charge in [-0.25, -0.2) is 18.3 Å². The summed E-state index contributed by atoms with van der Waals surface area (Å²) >= 11 is 0. The fraction of sp³-hybridized carbons (Fsp3) is 0.421. The summed E-state index contributed by atoms with van der Waals surface area (Å²) < 4.78 is 33.6. The van der Waals surface area contributed by atoms with Crippen molar-refractivity contribution < 1.29 is 13.3 Å². The third kappa shape index (κ3) is 5.61. The number of aromatic nitrogens is 1. The van der Waals surface area contributed by atoms with E-state index >= 15 is 0 Å². The molecule has 0 bridgehead atoms. The summed E-state index contributed by atoms with van der Waals surface area (Å²) in [5, 5.41) is 0. The van der Waals surface area contributed by atoms with Gasteiger partial charge in [-0.3, -0.25) is 0 Å². The molecule has 1 unspecified atom stereocenters. The lowest BCUT2D eigenvalue weighted by Crippen LogP contribution is -2.34. The second kappa shape index (κ2) is 8.06. The number of nitrogens with one attached hydrogen (secondary N) is 1. The van der Waals surface area contributed by atoms with E-state index in [9.17, 15) is 8.60 Å². The molecule has 1 N–H and O–H groups in total. The molecule has 1 aromatic carbocycles. The van der Waals surface area contributed by atoms with Crippen LogP contribution in [0.4, 0.5) is 4.39 Å². The third-order valence-electron chi connectivity index (χ3n) is 3.68. The van der Waals surface area contributed by atoms with E-state index in [1.54, 1.807) is 18.3 Å². The molecule has 4 nitrogen and oxygen atoms in total. The van der Waals surface area contributed by atoms with Gasteiger partial charge in [0.05, 0.1) is 15.7 Å². The number of pyridine rings is 1. The molecular weight excluding hydrogens is 339 g/mol. The Bertz CT molecular complexity index is 742. The van der Waals surface area contributed by atoms with E-state index in [0.29, 0.717) is 12.5 Å². The van der Waals surface area contributed by atoms with Gasteiger partial charge in [0, 0.05) is 17.8 Å². The van der Waals surface area contributed by atoms with Crippen molar-refractivity contribution in [1.82, 2.24) is 9.71 Å². The summed E-state index contributed by atoms with van der Waals surface area (Å²) in [6.07, 6.45) is 1.73. The van der Waals surface area contributed by atoms with Gasteiger partial charge in [0.2, 0.25) is 5.88 Å². The Labute approximate surface area is 151 Å². The van der Waals surface area contributed by atoms with Gasteiger partial charge in [0.25, 0.3) is 0 Å². The summed E-state index contributed by atoms with van der Waals surface area (Å²) in [4.78, 5) is 4.37. The van der Waals surface area contributed by atoms with Crippen molar-refractivity contribution in [2.24, 2.45) is 0 Å². The molecule has 0 aliphatic heterocycles. The molecule has 0 radical (unpaired) electrons. The predicted molar refractivity (Wildman–Crippen MR) is 99.2 cm³/mol. The zero-order valence-electron chi connectivity index (χ0n) is 15.3. The first-order valence-electron chi connectivity index (χ1n) is 8.18. The molecule has 6 heteroatoms. The van der Waals surface area contributed by atoms with E-state index < -0.39 is 11.0 Å². The third-order valence-corrected chi connectivity index (χ3v) is 5.36. The Morgan fingerprint density at radius 3 is 2.48 bits per heavy atom. The first-order valence-corrected chi connectivity index (χ1v) is 9.33. The van der Waals surface area contributed by atoms with Crippen molar-refractivity contribution in [3.8, 4) is 5.88 Å². The van der Waals surface area contributed by atoms with Crippen LogP contribution in [0.2, 0.25) is 0 Å². The average molecular weight is 364 g/mol. The van der Waals surface area contributed by atoms with Crippen LogP contribution < -0.4 is 9.46 Å².